The number of carbonyl (C=O) groups is 1. The number of carbonyl (C=O) groups excluding carboxylic acids is 1. The Kier molecular flexibility index (Phi) is 5.38. The Hall–Kier alpha value is -2.29. The smallest absolute Gasteiger partial charge is 0.251 e. The lowest BCUT2D eigenvalue weighted by Gasteiger charge is -2.06. The summed E-state index contributed by atoms with van der Waals surface area (Å²) < 4.78 is 5.13. The van der Waals surface area contributed by atoms with Gasteiger partial charge in [-0.2, -0.15) is 0 Å². The first-order valence-corrected chi connectivity index (χ1v) is 7.17. The van der Waals surface area contributed by atoms with Crippen molar-refractivity contribution in [2.24, 2.45) is 0 Å². The van der Waals surface area contributed by atoms with Crippen LogP contribution in [0.25, 0.3) is 0 Å². The molecule has 0 saturated carbocycles. The van der Waals surface area contributed by atoms with E-state index in [-0.39, 0.29) is 5.91 Å². The molecule has 1 amide bonds. The Balaban J connectivity index is 1.73. The number of nitrogens with one attached hydrogen (secondary N) is 1. The molecule has 0 heterocycles. The summed E-state index contributed by atoms with van der Waals surface area (Å²) in [5.41, 5.74) is 3.12. The highest BCUT2D eigenvalue weighted by Crippen LogP contribution is 2.12. The van der Waals surface area contributed by atoms with Crippen molar-refractivity contribution in [1.82, 2.24) is 5.32 Å². The molecular weight excluding hydrogens is 262 g/mol. The average Bonchev–Trinajstić information content (AvgIpc) is 2.52. The molecule has 110 valence electrons. The number of hydrogen-bond donors (Lipinski definition) is 1. The minimum atomic E-state index is -0.00951. The fourth-order valence-corrected chi connectivity index (χ4v) is 2.09. The van der Waals surface area contributed by atoms with Crippen molar-refractivity contribution in [1.29, 1.82) is 0 Å². The Bertz CT molecular complexity index is 573. The van der Waals surface area contributed by atoms with Gasteiger partial charge in [0.05, 0.1) is 7.11 Å². The van der Waals surface area contributed by atoms with Crippen LogP contribution in [0.3, 0.4) is 0 Å². The minimum absolute atomic E-state index is 0.00951. The van der Waals surface area contributed by atoms with E-state index in [1.165, 1.54) is 5.56 Å². The van der Waals surface area contributed by atoms with Gasteiger partial charge in [-0.15, -0.1) is 0 Å². The van der Waals surface area contributed by atoms with Crippen LogP contribution in [0.5, 0.6) is 5.75 Å². The maximum absolute atomic E-state index is 11.9. The fraction of sp³-hybridized carbons (Fsp3) is 0.278. The predicted octanol–water partition coefficient (Wildman–Crippen LogP) is 3.37. The maximum Gasteiger partial charge on any atom is 0.251 e. The summed E-state index contributed by atoms with van der Waals surface area (Å²) in [5, 5.41) is 2.95. The van der Waals surface area contributed by atoms with Gasteiger partial charge < -0.3 is 10.1 Å². The quantitative estimate of drug-likeness (QED) is 0.825. The van der Waals surface area contributed by atoms with Gasteiger partial charge in [-0.05, 0) is 49.6 Å². The van der Waals surface area contributed by atoms with Gasteiger partial charge in [0.1, 0.15) is 5.75 Å². The zero-order chi connectivity index (χ0) is 15.1. The Morgan fingerprint density at radius 2 is 1.71 bits per heavy atom. The van der Waals surface area contributed by atoms with Gasteiger partial charge in [0.2, 0.25) is 0 Å². The van der Waals surface area contributed by atoms with Crippen molar-refractivity contribution in [3.8, 4) is 5.75 Å². The third kappa shape index (κ3) is 4.63. The van der Waals surface area contributed by atoms with Gasteiger partial charge in [-0.1, -0.05) is 29.8 Å². The lowest BCUT2D eigenvalue weighted by atomic mass is 10.1. The van der Waals surface area contributed by atoms with Crippen molar-refractivity contribution in [3.05, 3.63) is 65.2 Å². The first kappa shape index (κ1) is 15.1. The van der Waals surface area contributed by atoms with Crippen molar-refractivity contribution in [2.75, 3.05) is 13.7 Å². The molecule has 0 aliphatic rings. The van der Waals surface area contributed by atoms with E-state index in [2.05, 4.69) is 17.4 Å². The second kappa shape index (κ2) is 7.48. The summed E-state index contributed by atoms with van der Waals surface area (Å²) in [4.78, 5) is 11.9. The van der Waals surface area contributed by atoms with Crippen LogP contribution in [0, 0.1) is 6.92 Å². The maximum atomic E-state index is 11.9. The summed E-state index contributed by atoms with van der Waals surface area (Å²) in [5.74, 6) is 0.858. The minimum Gasteiger partial charge on any atom is -0.497 e. The van der Waals surface area contributed by atoms with E-state index in [1.807, 2.05) is 43.3 Å². The summed E-state index contributed by atoms with van der Waals surface area (Å²) in [6.45, 7) is 2.69. The van der Waals surface area contributed by atoms with Gasteiger partial charge in [-0.25, -0.2) is 0 Å². The fourth-order valence-electron chi connectivity index (χ4n) is 2.09. The first-order chi connectivity index (χ1) is 10.2. The molecule has 2 aromatic rings. The molecule has 0 unspecified atom stereocenters. The number of aryl methyl sites for hydroxylation is 2. The van der Waals surface area contributed by atoms with E-state index in [1.54, 1.807) is 7.11 Å². The normalized spacial score (nSPS) is 10.2. The van der Waals surface area contributed by atoms with E-state index in [0.717, 1.165) is 24.2 Å². The largest absolute Gasteiger partial charge is 0.497 e. The van der Waals surface area contributed by atoms with Crippen LogP contribution in [-0.2, 0) is 6.42 Å². The molecule has 1 N–H and O–H groups in total. The molecule has 0 saturated heterocycles. The van der Waals surface area contributed by atoms with Gasteiger partial charge in [0.25, 0.3) is 5.91 Å². The average molecular weight is 283 g/mol. The van der Waals surface area contributed by atoms with Crippen molar-refractivity contribution < 1.29 is 9.53 Å². The van der Waals surface area contributed by atoms with E-state index in [0.29, 0.717) is 12.1 Å². The molecule has 0 bridgehead atoms. The number of amides is 1. The molecule has 0 aliphatic heterocycles. The van der Waals surface area contributed by atoms with Crippen LogP contribution in [0.4, 0.5) is 0 Å². The van der Waals surface area contributed by atoms with Gasteiger partial charge in [-0.3, -0.25) is 4.79 Å². The zero-order valence-electron chi connectivity index (χ0n) is 12.6. The second-order valence-electron chi connectivity index (χ2n) is 5.07. The van der Waals surface area contributed by atoms with Crippen molar-refractivity contribution in [2.45, 2.75) is 19.8 Å². The molecule has 0 aliphatic carbocycles. The SMILES string of the molecule is COc1ccc(CCCNC(=O)c2ccc(C)cc2)cc1. The lowest BCUT2D eigenvalue weighted by molar-refractivity contribution is 0.0953. The summed E-state index contributed by atoms with van der Waals surface area (Å²) in [7, 11) is 1.66. The summed E-state index contributed by atoms with van der Waals surface area (Å²) in [6, 6.07) is 15.6. The van der Waals surface area contributed by atoms with E-state index in [9.17, 15) is 4.79 Å². The second-order valence-corrected chi connectivity index (χ2v) is 5.07. The third-order valence-electron chi connectivity index (χ3n) is 3.40. The number of methoxy groups -OCH3 is 1. The Labute approximate surface area is 126 Å². The highest BCUT2D eigenvalue weighted by Gasteiger charge is 2.03. The number of rotatable bonds is 6. The number of benzene rings is 2. The first-order valence-electron chi connectivity index (χ1n) is 7.17. The molecule has 3 nitrogen and oxygen atoms in total. The standard InChI is InChI=1S/C18H21NO2/c1-14-5-9-16(10-6-14)18(20)19-13-3-4-15-7-11-17(21-2)12-8-15/h5-12H,3-4,13H2,1-2H3,(H,19,20). The van der Waals surface area contributed by atoms with Gasteiger partial charge >= 0.3 is 0 Å². The van der Waals surface area contributed by atoms with Crippen LogP contribution in [0.15, 0.2) is 48.5 Å². The highest BCUT2D eigenvalue weighted by atomic mass is 16.5. The summed E-state index contributed by atoms with van der Waals surface area (Å²) >= 11 is 0. The molecule has 2 aromatic carbocycles. The molecule has 0 aromatic heterocycles. The molecule has 3 heteroatoms. The monoisotopic (exact) mass is 283 g/mol. The molecule has 21 heavy (non-hydrogen) atoms. The number of ether oxygens (including phenoxy) is 1. The molecule has 0 radical (unpaired) electrons. The van der Waals surface area contributed by atoms with Crippen molar-refractivity contribution >= 4 is 5.91 Å². The van der Waals surface area contributed by atoms with Crippen LogP contribution < -0.4 is 10.1 Å². The van der Waals surface area contributed by atoms with Crippen LogP contribution >= 0.6 is 0 Å². The molecular formula is C18H21NO2. The topological polar surface area (TPSA) is 38.3 Å². The molecule has 2 rings (SSSR count). The highest BCUT2D eigenvalue weighted by molar-refractivity contribution is 5.94. The van der Waals surface area contributed by atoms with E-state index < -0.39 is 0 Å². The Morgan fingerprint density at radius 3 is 2.33 bits per heavy atom. The van der Waals surface area contributed by atoms with E-state index in [4.69, 9.17) is 4.74 Å². The lowest BCUT2D eigenvalue weighted by Crippen LogP contribution is -2.24. The summed E-state index contributed by atoms with van der Waals surface area (Å²) in [6.07, 6.45) is 1.86. The zero-order valence-corrected chi connectivity index (χ0v) is 12.6. The van der Waals surface area contributed by atoms with Crippen molar-refractivity contribution in [3.63, 3.8) is 0 Å². The third-order valence-corrected chi connectivity index (χ3v) is 3.40. The number of hydrogen-bond acceptors (Lipinski definition) is 2. The van der Waals surface area contributed by atoms with Gasteiger partial charge in [0, 0.05) is 12.1 Å². The van der Waals surface area contributed by atoms with Crippen LogP contribution in [0.2, 0.25) is 0 Å². The predicted molar refractivity (Wildman–Crippen MR) is 84.8 cm³/mol. The van der Waals surface area contributed by atoms with Crippen LogP contribution in [-0.4, -0.2) is 19.6 Å². The Morgan fingerprint density at radius 1 is 1.05 bits per heavy atom. The molecule has 0 fully saturated rings. The molecule has 0 atom stereocenters. The van der Waals surface area contributed by atoms with Gasteiger partial charge in [0.15, 0.2) is 0 Å². The molecule has 0 spiro atoms. The van der Waals surface area contributed by atoms with E-state index >= 15 is 0 Å². The van der Waals surface area contributed by atoms with Crippen LogP contribution in [0.1, 0.15) is 27.9 Å².